The van der Waals surface area contributed by atoms with Crippen molar-refractivity contribution in [1.82, 2.24) is 0 Å². The van der Waals surface area contributed by atoms with Crippen LogP contribution in [0.25, 0.3) is 0 Å². The Morgan fingerprint density at radius 3 is 3.00 bits per heavy atom. The van der Waals surface area contributed by atoms with E-state index in [0.29, 0.717) is 11.5 Å². The predicted octanol–water partition coefficient (Wildman–Crippen LogP) is 0.453. The van der Waals surface area contributed by atoms with Gasteiger partial charge in [0.2, 0.25) is 5.96 Å². The molecule has 0 aliphatic carbocycles. The van der Waals surface area contributed by atoms with Crippen LogP contribution in [0.5, 0.6) is 0 Å². The number of aliphatic imine (C=N–C) groups is 4. The average Bonchev–Trinajstić information content (AvgIpc) is 2.34. The lowest BCUT2D eigenvalue weighted by Crippen LogP contribution is -2.22. The summed E-state index contributed by atoms with van der Waals surface area (Å²) < 4.78 is 0. The van der Waals surface area contributed by atoms with Gasteiger partial charge in [-0.05, 0) is 0 Å². The lowest BCUT2D eigenvalue weighted by Gasteiger charge is -2.02. The van der Waals surface area contributed by atoms with Crippen LogP contribution in [0.2, 0.25) is 0 Å². The van der Waals surface area contributed by atoms with Crippen LogP contribution < -0.4 is 0 Å². The molecule has 54 valence electrons. The molecule has 0 aromatic rings. The summed E-state index contributed by atoms with van der Waals surface area (Å²) in [4.78, 5) is 14.9. The molecule has 0 saturated heterocycles. The fourth-order valence-corrected chi connectivity index (χ4v) is 0.972. The number of hydrogen-bond acceptors (Lipinski definition) is 3. The van der Waals surface area contributed by atoms with Crippen molar-refractivity contribution in [2.45, 2.75) is 0 Å². The standard InChI is InChI=1S/C5H2ClN5/c6-3-2-4(9-1-8-2)11-5(7)10-3/h1,7H. The maximum atomic E-state index is 7.08. The molecule has 0 aromatic heterocycles. The average molecular weight is 168 g/mol. The zero-order valence-electron chi connectivity index (χ0n) is 5.24. The van der Waals surface area contributed by atoms with E-state index in [2.05, 4.69) is 20.0 Å². The summed E-state index contributed by atoms with van der Waals surface area (Å²) in [6, 6.07) is 0. The quantitative estimate of drug-likeness (QED) is 0.544. The Morgan fingerprint density at radius 1 is 1.36 bits per heavy atom. The summed E-state index contributed by atoms with van der Waals surface area (Å²) in [7, 11) is 0. The third-order valence-corrected chi connectivity index (χ3v) is 1.45. The number of guanidine groups is 1. The van der Waals surface area contributed by atoms with E-state index < -0.39 is 0 Å². The Bertz CT molecular complexity index is 348. The molecule has 11 heavy (non-hydrogen) atoms. The number of halogens is 1. The first kappa shape index (κ1) is 6.36. The first-order valence-corrected chi connectivity index (χ1v) is 3.17. The fraction of sp³-hybridized carbons (Fsp3) is 0. The van der Waals surface area contributed by atoms with Crippen molar-refractivity contribution >= 4 is 40.6 Å². The van der Waals surface area contributed by atoms with Gasteiger partial charge >= 0.3 is 0 Å². The van der Waals surface area contributed by atoms with E-state index in [-0.39, 0.29) is 11.1 Å². The topological polar surface area (TPSA) is 73.3 Å². The van der Waals surface area contributed by atoms with Crippen LogP contribution in [0.4, 0.5) is 0 Å². The van der Waals surface area contributed by atoms with Crippen molar-refractivity contribution in [3.63, 3.8) is 0 Å². The van der Waals surface area contributed by atoms with E-state index in [1.165, 1.54) is 6.34 Å². The molecular weight excluding hydrogens is 166 g/mol. The number of rotatable bonds is 0. The van der Waals surface area contributed by atoms with E-state index in [1.807, 2.05) is 0 Å². The Hall–Kier alpha value is -1.36. The van der Waals surface area contributed by atoms with Crippen molar-refractivity contribution in [1.29, 1.82) is 5.41 Å². The number of fused-ring (bicyclic) bond motifs is 1. The summed E-state index contributed by atoms with van der Waals surface area (Å²) in [6.07, 6.45) is 1.34. The van der Waals surface area contributed by atoms with Gasteiger partial charge in [0.05, 0.1) is 0 Å². The molecule has 0 radical (unpaired) electrons. The zero-order valence-corrected chi connectivity index (χ0v) is 6.00. The number of nitrogens with one attached hydrogen (secondary N) is 1. The Kier molecular flexibility index (Phi) is 1.19. The van der Waals surface area contributed by atoms with Crippen molar-refractivity contribution in [3.05, 3.63) is 0 Å². The van der Waals surface area contributed by atoms with Crippen LogP contribution in [-0.2, 0) is 0 Å². The largest absolute Gasteiger partial charge is 0.265 e. The summed E-state index contributed by atoms with van der Waals surface area (Å²) in [5.74, 6) is 0.234. The second kappa shape index (κ2) is 2.06. The van der Waals surface area contributed by atoms with Crippen LogP contribution in [0.1, 0.15) is 0 Å². The molecule has 0 aromatic carbocycles. The summed E-state index contributed by atoms with van der Waals surface area (Å²) in [5, 5.41) is 7.26. The van der Waals surface area contributed by atoms with Gasteiger partial charge in [0.25, 0.3) is 0 Å². The molecule has 0 unspecified atom stereocenters. The third-order valence-electron chi connectivity index (χ3n) is 1.19. The van der Waals surface area contributed by atoms with Gasteiger partial charge in [0.15, 0.2) is 11.0 Å². The molecule has 0 atom stereocenters. The number of nitrogens with zero attached hydrogens (tertiary/aromatic N) is 4. The first-order chi connectivity index (χ1) is 5.27. The maximum absolute atomic E-state index is 7.08. The normalized spacial score (nSPS) is 20.8. The van der Waals surface area contributed by atoms with Gasteiger partial charge in [-0.25, -0.2) is 9.98 Å². The van der Waals surface area contributed by atoms with E-state index in [1.54, 1.807) is 0 Å². The van der Waals surface area contributed by atoms with Crippen LogP contribution in [0.15, 0.2) is 20.0 Å². The SMILES string of the molecule is N=C1N=C(Cl)C2=NC=NC2=N1. The van der Waals surface area contributed by atoms with Crippen molar-refractivity contribution < 1.29 is 0 Å². The lowest BCUT2D eigenvalue weighted by atomic mass is 10.3. The summed E-state index contributed by atoms with van der Waals surface area (Å²) in [5.41, 5.74) is 0.447. The van der Waals surface area contributed by atoms with Crippen molar-refractivity contribution in [2.75, 3.05) is 0 Å². The van der Waals surface area contributed by atoms with Crippen molar-refractivity contribution in [3.8, 4) is 0 Å². The number of amidine groups is 1. The molecular formula is C5H2ClN5. The fourth-order valence-electron chi connectivity index (χ4n) is 0.759. The second-order valence-corrected chi connectivity index (χ2v) is 2.24. The van der Waals surface area contributed by atoms with Gasteiger partial charge in [0.1, 0.15) is 12.1 Å². The molecule has 0 amide bonds. The molecule has 2 rings (SSSR count). The highest BCUT2D eigenvalue weighted by Crippen LogP contribution is 2.06. The first-order valence-electron chi connectivity index (χ1n) is 2.80. The monoisotopic (exact) mass is 167 g/mol. The molecule has 0 fully saturated rings. The lowest BCUT2D eigenvalue weighted by molar-refractivity contribution is 1.37. The van der Waals surface area contributed by atoms with Gasteiger partial charge in [-0.1, -0.05) is 11.6 Å². The van der Waals surface area contributed by atoms with E-state index >= 15 is 0 Å². The minimum atomic E-state index is -0.136. The minimum absolute atomic E-state index is 0.136. The van der Waals surface area contributed by atoms with Crippen LogP contribution in [0.3, 0.4) is 0 Å². The molecule has 6 heteroatoms. The molecule has 2 heterocycles. The molecule has 2 aliphatic heterocycles. The Balaban J connectivity index is 2.54. The summed E-state index contributed by atoms with van der Waals surface area (Å²) >= 11 is 5.63. The predicted molar refractivity (Wildman–Crippen MR) is 44.4 cm³/mol. The van der Waals surface area contributed by atoms with E-state index in [9.17, 15) is 0 Å². The molecule has 0 bridgehead atoms. The highest BCUT2D eigenvalue weighted by Gasteiger charge is 2.21. The molecule has 0 saturated carbocycles. The highest BCUT2D eigenvalue weighted by atomic mass is 35.5. The molecule has 2 aliphatic rings. The van der Waals surface area contributed by atoms with Gasteiger partial charge < -0.3 is 0 Å². The number of hydrogen-bond donors (Lipinski definition) is 1. The molecule has 1 N–H and O–H groups in total. The van der Waals surface area contributed by atoms with Crippen LogP contribution in [-0.4, -0.2) is 29.0 Å². The Morgan fingerprint density at radius 2 is 2.18 bits per heavy atom. The summed E-state index contributed by atoms with van der Waals surface area (Å²) in [6.45, 7) is 0. The van der Waals surface area contributed by atoms with Gasteiger partial charge in [-0.15, -0.1) is 0 Å². The van der Waals surface area contributed by atoms with Gasteiger partial charge in [0, 0.05) is 0 Å². The smallest absolute Gasteiger partial charge is 0.245 e. The van der Waals surface area contributed by atoms with E-state index in [0.717, 1.165) is 0 Å². The third kappa shape index (κ3) is 0.894. The minimum Gasteiger partial charge on any atom is -0.265 e. The Labute approximate surface area is 66.8 Å². The molecule has 5 nitrogen and oxygen atoms in total. The molecule has 0 spiro atoms. The maximum Gasteiger partial charge on any atom is 0.245 e. The van der Waals surface area contributed by atoms with Crippen LogP contribution >= 0.6 is 11.6 Å². The van der Waals surface area contributed by atoms with Crippen LogP contribution in [0, 0.1) is 5.41 Å². The second-order valence-electron chi connectivity index (χ2n) is 1.88. The van der Waals surface area contributed by atoms with Crippen molar-refractivity contribution in [2.24, 2.45) is 20.0 Å². The van der Waals surface area contributed by atoms with Gasteiger partial charge in [-0.3, -0.25) is 5.41 Å². The highest BCUT2D eigenvalue weighted by molar-refractivity contribution is 6.95. The van der Waals surface area contributed by atoms with Gasteiger partial charge in [-0.2, -0.15) is 9.98 Å². The zero-order chi connectivity index (χ0) is 7.84. The van der Waals surface area contributed by atoms with E-state index in [4.69, 9.17) is 17.0 Å².